The predicted molar refractivity (Wildman–Crippen MR) is 172 cm³/mol. The highest BCUT2D eigenvalue weighted by Gasteiger charge is 2.28. The van der Waals surface area contributed by atoms with Crippen LogP contribution in [0.3, 0.4) is 0 Å². The normalized spacial score (nSPS) is 13.7. The lowest BCUT2D eigenvalue weighted by Gasteiger charge is -2.34. The van der Waals surface area contributed by atoms with Crippen LogP contribution in [0.2, 0.25) is 0 Å². The Balaban J connectivity index is 1.12. The second-order valence-electron chi connectivity index (χ2n) is 10.3. The Morgan fingerprint density at radius 2 is 1.60 bits per heavy atom. The Bertz CT molecular complexity index is 1900. The molecular formula is C30H32N7O4S2+. The van der Waals surface area contributed by atoms with Gasteiger partial charge in [0.05, 0.1) is 50.8 Å². The SMILES string of the molecule is COc1cc2[nH]c3nc[nH+]c(N4CCN(C(=S)Nc5ccc(S(=O)(=O)Nc6ccc(C)cc6)cc5)CC4)c3c2cc1OC. The summed E-state index contributed by atoms with van der Waals surface area (Å²) in [6.45, 7) is 4.83. The molecule has 13 heteroatoms. The third kappa shape index (κ3) is 5.73. The van der Waals surface area contributed by atoms with Crippen LogP contribution in [0.4, 0.5) is 17.2 Å². The average Bonchev–Trinajstić information content (AvgIpc) is 3.39. The van der Waals surface area contributed by atoms with Gasteiger partial charge in [-0.3, -0.25) is 9.62 Å². The van der Waals surface area contributed by atoms with Gasteiger partial charge >= 0.3 is 0 Å². The lowest BCUT2D eigenvalue weighted by molar-refractivity contribution is -0.367. The molecule has 2 aromatic heterocycles. The number of fused-ring (bicyclic) bond motifs is 3. The van der Waals surface area contributed by atoms with Crippen LogP contribution in [0, 0.1) is 6.92 Å². The number of H-pyrrole nitrogens is 2. The monoisotopic (exact) mass is 618 g/mol. The minimum Gasteiger partial charge on any atom is -0.493 e. The number of nitrogens with zero attached hydrogens (tertiary/aromatic N) is 3. The Morgan fingerprint density at radius 1 is 0.953 bits per heavy atom. The number of anilines is 3. The third-order valence-corrected chi connectivity index (χ3v) is 9.27. The highest BCUT2D eigenvalue weighted by atomic mass is 32.2. The summed E-state index contributed by atoms with van der Waals surface area (Å²) in [6.07, 6.45) is 1.69. The maximum Gasteiger partial charge on any atom is 0.261 e. The van der Waals surface area contributed by atoms with E-state index in [-0.39, 0.29) is 4.90 Å². The summed E-state index contributed by atoms with van der Waals surface area (Å²) >= 11 is 5.71. The maximum absolute atomic E-state index is 12.8. The number of methoxy groups -OCH3 is 2. The van der Waals surface area contributed by atoms with Crippen LogP contribution in [0.25, 0.3) is 21.9 Å². The van der Waals surface area contributed by atoms with Gasteiger partial charge in [0.25, 0.3) is 10.0 Å². The zero-order valence-corrected chi connectivity index (χ0v) is 25.6. The van der Waals surface area contributed by atoms with Crippen molar-refractivity contribution in [1.82, 2.24) is 14.9 Å². The second kappa shape index (κ2) is 11.6. The van der Waals surface area contributed by atoms with E-state index >= 15 is 0 Å². The van der Waals surface area contributed by atoms with Crippen molar-refractivity contribution >= 4 is 66.5 Å². The maximum atomic E-state index is 12.8. The van der Waals surface area contributed by atoms with Crippen molar-refractivity contribution in [2.45, 2.75) is 11.8 Å². The molecule has 6 rings (SSSR count). The van der Waals surface area contributed by atoms with Crippen LogP contribution in [0.15, 0.2) is 71.9 Å². The lowest BCUT2D eigenvalue weighted by Crippen LogP contribution is -2.51. The minimum atomic E-state index is -3.71. The summed E-state index contributed by atoms with van der Waals surface area (Å²) < 4.78 is 39.3. The van der Waals surface area contributed by atoms with E-state index in [1.165, 1.54) is 0 Å². The summed E-state index contributed by atoms with van der Waals surface area (Å²) in [5.74, 6) is 2.27. The summed E-state index contributed by atoms with van der Waals surface area (Å²) in [5.41, 5.74) is 3.98. The van der Waals surface area contributed by atoms with Gasteiger partial charge in [-0.2, -0.15) is 0 Å². The zero-order valence-electron chi connectivity index (χ0n) is 24.0. The molecule has 5 aromatic rings. The summed E-state index contributed by atoms with van der Waals surface area (Å²) in [7, 11) is -0.463. The van der Waals surface area contributed by atoms with Gasteiger partial charge in [-0.15, -0.1) is 0 Å². The number of hydrogen-bond acceptors (Lipinski definition) is 7. The smallest absolute Gasteiger partial charge is 0.261 e. The van der Waals surface area contributed by atoms with Crippen LogP contribution < -0.4 is 29.4 Å². The van der Waals surface area contributed by atoms with E-state index in [9.17, 15) is 8.42 Å². The lowest BCUT2D eigenvalue weighted by atomic mass is 10.1. The van der Waals surface area contributed by atoms with Crippen LogP contribution in [0.1, 0.15) is 5.56 Å². The number of ether oxygens (including phenoxy) is 2. The first-order valence-electron chi connectivity index (χ1n) is 13.7. The van der Waals surface area contributed by atoms with E-state index in [0.717, 1.165) is 46.4 Å². The van der Waals surface area contributed by atoms with E-state index in [0.29, 0.717) is 41.1 Å². The van der Waals surface area contributed by atoms with Crippen molar-refractivity contribution in [3.8, 4) is 11.5 Å². The minimum absolute atomic E-state index is 0.173. The molecule has 43 heavy (non-hydrogen) atoms. The largest absolute Gasteiger partial charge is 0.493 e. The van der Waals surface area contributed by atoms with Crippen molar-refractivity contribution in [1.29, 1.82) is 0 Å². The van der Waals surface area contributed by atoms with Crippen LogP contribution in [-0.2, 0) is 10.0 Å². The number of hydrogen-bond donors (Lipinski definition) is 3. The summed E-state index contributed by atoms with van der Waals surface area (Å²) in [6, 6.07) is 17.7. The number of benzene rings is 3. The molecular weight excluding hydrogens is 587 g/mol. The molecule has 1 aliphatic heterocycles. The highest BCUT2D eigenvalue weighted by molar-refractivity contribution is 7.92. The summed E-state index contributed by atoms with van der Waals surface area (Å²) in [4.78, 5) is 15.8. The predicted octanol–water partition coefficient (Wildman–Crippen LogP) is 4.18. The molecule has 0 saturated carbocycles. The molecule has 0 radical (unpaired) electrons. The molecule has 3 heterocycles. The van der Waals surface area contributed by atoms with Crippen molar-refractivity contribution in [3.63, 3.8) is 0 Å². The fourth-order valence-electron chi connectivity index (χ4n) is 5.21. The number of thiocarbonyl (C=S) groups is 1. The Kier molecular flexibility index (Phi) is 7.67. The number of aromatic amines is 2. The van der Waals surface area contributed by atoms with Gasteiger partial charge in [0.2, 0.25) is 17.8 Å². The molecule has 222 valence electrons. The fourth-order valence-corrected chi connectivity index (χ4v) is 6.57. The Labute approximate surface area is 254 Å². The molecule has 3 aromatic carbocycles. The molecule has 0 unspecified atom stereocenters. The average molecular weight is 619 g/mol. The Morgan fingerprint density at radius 3 is 2.28 bits per heavy atom. The third-order valence-electron chi connectivity index (χ3n) is 7.52. The van der Waals surface area contributed by atoms with Crippen molar-refractivity contribution in [2.75, 3.05) is 55.3 Å². The zero-order chi connectivity index (χ0) is 30.1. The number of aryl methyl sites for hydroxylation is 1. The van der Waals surface area contributed by atoms with Crippen LogP contribution in [0.5, 0.6) is 11.5 Å². The molecule has 1 fully saturated rings. The van der Waals surface area contributed by atoms with Crippen molar-refractivity contribution in [2.24, 2.45) is 0 Å². The van der Waals surface area contributed by atoms with Gasteiger partial charge in [-0.05, 0) is 61.6 Å². The van der Waals surface area contributed by atoms with Gasteiger partial charge in [0, 0.05) is 22.8 Å². The topological polar surface area (TPSA) is 126 Å². The van der Waals surface area contributed by atoms with Crippen LogP contribution in [-0.4, -0.2) is 68.8 Å². The molecule has 0 spiro atoms. The van der Waals surface area contributed by atoms with Crippen molar-refractivity contribution < 1.29 is 22.9 Å². The first-order valence-corrected chi connectivity index (χ1v) is 15.6. The molecule has 0 amide bonds. The summed E-state index contributed by atoms with van der Waals surface area (Å²) in [5, 5.41) is 5.81. The first-order chi connectivity index (χ1) is 20.8. The number of nitrogens with one attached hydrogen (secondary N) is 4. The van der Waals surface area contributed by atoms with Gasteiger partial charge in [0.15, 0.2) is 16.6 Å². The fraction of sp³-hybridized carbons (Fsp3) is 0.233. The first kappa shape index (κ1) is 28.5. The van der Waals surface area contributed by atoms with E-state index in [1.807, 2.05) is 31.2 Å². The Hall–Kier alpha value is -4.62. The molecule has 4 N–H and O–H groups in total. The molecule has 0 aliphatic carbocycles. The van der Waals surface area contributed by atoms with Gasteiger partial charge in [-0.25, -0.2) is 13.4 Å². The van der Waals surface area contributed by atoms with Crippen molar-refractivity contribution in [3.05, 3.63) is 72.6 Å². The van der Waals surface area contributed by atoms with E-state index in [2.05, 4.69) is 34.8 Å². The number of piperazine rings is 1. The number of rotatable bonds is 7. The van der Waals surface area contributed by atoms with E-state index < -0.39 is 10.0 Å². The van der Waals surface area contributed by atoms with E-state index in [4.69, 9.17) is 21.7 Å². The quantitative estimate of drug-likeness (QED) is 0.230. The molecule has 0 bridgehead atoms. The molecule has 1 aliphatic rings. The molecule has 1 saturated heterocycles. The standard InChI is InChI=1S/C30H31N7O4S2/c1-19-4-6-21(7-5-19)35-43(38,39)22-10-8-20(9-11-22)33-30(42)37-14-12-36(13-15-37)29-27-23-16-25(40-2)26(41-3)17-24(23)34-28(27)31-18-32-29/h4-11,16-18,35H,12-15H2,1-3H3,(H,33,42)(H,31,32,34)/p+1. The molecule has 11 nitrogen and oxygen atoms in total. The number of aromatic nitrogens is 3. The number of sulfonamides is 1. The van der Waals surface area contributed by atoms with Gasteiger partial charge < -0.3 is 24.7 Å². The van der Waals surface area contributed by atoms with Gasteiger partial charge in [-0.1, -0.05) is 22.7 Å². The molecule has 0 atom stereocenters. The van der Waals surface area contributed by atoms with Crippen LogP contribution >= 0.6 is 12.2 Å². The van der Waals surface area contributed by atoms with Gasteiger partial charge in [0.1, 0.15) is 5.39 Å². The van der Waals surface area contributed by atoms with E-state index in [1.54, 1.807) is 56.9 Å². The second-order valence-corrected chi connectivity index (χ2v) is 12.3. The highest BCUT2D eigenvalue weighted by Crippen LogP contribution is 2.37.